The topological polar surface area (TPSA) is 86.7 Å². The van der Waals surface area contributed by atoms with Gasteiger partial charge in [-0.15, -0.1) is 0 Å². The summed E-state index contributed by atoms with van der Waals surface area (Å²) in [6.45, 7) is 1.93. The summed E-state index contributed by atoms with van der Waals surface area (Å²) in [5, 5.41) is 28.2. The Hall–Kier alpha value is -0.420. The number of allylic oxidation sites excluding steroid dienone is 2. The number of aliphatic hydroxyl groups is 3. The summed E-state index contributed by atoms with van der Waals surface area (Å²) in [5.74, 6) is 0. The van der Waals surface area contributed by atoms with Gasteiger partial charge in [0.1, 0.15) is 0 Å². The molecule has 0 aromatic rings. The van der Waals surface area contributed by atoms with Gasteiger partial charge in [-0.1, -0.05) is 57.6 Å². The SMILES string of the molecule is CCCCC/C=C/CCCCCCC[C@H](O)[C@@H](O)[C@@H](N)CO. The first-order valence-electron chi connectivity index (χ1n) is 9.01. The first-order valence-corrected chi connectivity index (χ1v) is 9.01. The summed E-state index contributed by atoms with van der Waals surface area (Å²) < 4.78 is 0. The number of hydrogen-bond acceptors (Lipinski definition) is 4. The van der Waals surface area contributed by atoms with Crippen LogP contribution in [0, 0.1) is 0 Å². The van der Waals surface area contributed by atoms with Crippen LogP contribution < -0.4 is 5.73 Å². The highest BCUT2D eigenvalue weighted by Crippen LogP contribution is 2.12. The van der Waals surface area contributed by atoms with Gasteiger partial charge in [-0.25, -0.2) is 0 Å². The zero-order valence-electron chi connectivity index (χ0n) is 14.3. The van der Waals surface area contributed by atoms with E-state index in [1.54, 1.807) is 0 Å². The maximum atomic E-state index is 9.73. The molecule has 22 heavy (non-hydrogen) atoms. The molecule has 0 aromatic heterocycles. The van der Waals surface area contributed by atoms with Gasteiger partial charge in [0.15, 0.2) is 0 Å². The van der Waals surface area contributed by atoms with Crippen molar-refractivity contribution in [2.75, 3.05) is 6.61 Å². The second-order valence-electron chi connectivity index (χ2n) is 6.22. The third-order valence-electron chi connectivity index (χ3n) is 4.06. The molecule has 0 saturated carbocycles. The molecule has 0 amide bonds. The van der Waals surface area contributed by atoms with Crippen LogP contribution in [0.2, 0.25) is 0 Å². The van der Waals surface area contributed by atoms with Gasteiger partial charge in [-0.2, -0.15) is 0 Å². The molecule has 0 heterocycles. The fraction of sp³-hybridized carbons (Fsp3) is 0.889. The van der Waals surface area contributed by atoms with Gasteiger partial charge < -0.3 is 21.1 Å². The molecule has 0 aromatic carbocycles. The summed E-state index contributed by atoms with van der Waals surface area (Å²) in [4.78, 5) is 0. The van der Waals surface area contributed by atoms with Crippen LogP contribution in [-0.2, 0) is 0 Å². The molecular weight excluding hydrogens is 278 g/mol. The van der Waals surface area contributed by atoms with Crippen molar-refractivity contribution >= 4 is 0 Å². The number of rotatable bonds is 15. The minimum absolute atomic E-state index is 0.301. The lowest BCUT2D eigenvalue weighted by molar-refractivity contribution is -0.0121. The van der Waals surface area contributed by atoms with Crippen LogP contribution in [0.1, 0.15) is 77.6 Å². The molecule has 0 spiro atoms. The zero-order valence-corrected chi connectivity index (χ0v) is 14.3. The van der Waals surface area contributed by atoms with Crippen molar-refractivity contribution in [2.45, 2.75) is 95.8 Å². The van der Waals surface area contributed by atoms with Crippen LogP contribution in [0.25, 0.3) is 0 Å². The van der Waals surface area contributed by atoms with Crippen molar-refractivity contribution in [3.63, 3.8) is 0 Å². The van der Waals surface area contributed by atoms with Crippen molar-refractivity contribution in [1.82, 2.24) is 0 Å². The number of unbranched alkanes of at least 4 members (excludes halogenated alkanes) is 8. The third kappa shape index (κ3) is 12.2. The second-order valence-corrected chi connectivity index (χ2v) is 6.22. The van der Waals surface area contributed by atoms with Crippen LogP contribution in [0.15, 0.2) is 12.2 Å². The molecule has 0 rings (SSSR count). The van der Waals surface area contributed by atoms with Gasteiger partial charge >= 0.3 is 0 Å². The molecule has 4 nitrogen and oxygen atoms in total. The largest absolute Gasteiger partial charge is 0.395 e. The molecule has 0 aliphatic heterocycles. The molecule has 5 N–H and O–H groups in total. The minimum Gasteiger partial charge on any atom is -0.395 e. The van der Waals surface area contributed by atoms with Crippen LogP contribution in [0.4, 0.5) is 0 Å². The van der Waals surface area contributed by atoms with Gasteiger partial charge in [0.25, 0.3) is 0 Å². The average molecular weight is 315 g/mol. The van der Waals surface area contributed by atoms with E-state index in [9.17, 15) is 10.2 Å². The van der Waals surface area contributed by atoms with E-state index in [4.69, 9.17) is 10.8 Å². The molecule has 0 radical (unpaired) electrons. The Balaban J connectivity index is 3.36. The summed E-state index contributed by atoms with van der Waals surface area (Å²) in [6.07, 6.45) is 15.2. The first kappa shape index (κ1) is 21.6. The van der Waals surface area contributed by atoms with Gasteiger partial charge in [0.2, 0.25) is 0 Å². The highest BCUT2D eigenvalue weighted by atomic mass is 16.3. The lowest BCUT2D eigenvalue weighted by Crippen LogP contribution is -2.45. The predicted octanol–water partition coefficient (Wildman–Crippen LogP) is 2.90. The van der Waals surface area contributed by atoms with Gasteiger partial charge in [0, 0.05) is 0 Å². The van der Waals surface area contributed by atoms with Gasteiger partial charge in [-0.05, 0) is 32.1 Å². The monoisotopic (exact) mass is 315 g/mol. The molecule has 0 aliphatic carbocycles. The zero-order chi connectivity index (χ0) is 16.6. The Kier molecular flexibility index (Phi) is 15.2. The molecule has 0 fully saturated rings. The van der Waals surface area contributed by atoms with Gasteiger partial charge in [0.05, 0.1) is 24.9 Å². The molecular formula is C18H37NO3. The van der Waals surface area contributed by atoms with E-state index >= 15 is 0 Å². The summed E-state index contributed by atoms with van der Waals surface area (Å²) in [6, 6.07) is -0.751. The highest BCUT2D eigenvalue weighted by molar-refractivity contribution is 4.81. The molecule has 3 atom stereocenters. The summed E-state index contributed by atoms with van der Waals surface area (Å²) in [5.41, 5.74) is 5.49. The Morgan fingerprint density at radius 1 is 0.864 bits per heavy atom. The van der Waals surface area contributed by atoms with Crippen molar-refractivity contribution in [2.24, 2.45) is 5.73 Å². The number of nitrogens with two attached hydrogens (primary N) is 1. The molecule has 0 bridgehead atoms. The Morgan fingerprint density at radius 2 is 1.41 bits per heavy atom. The van der Waals surface area contributed by atoms with E-state index in [0.717, 1.165) is 12.8 Å². The molecule has 0 aliphatic rings. The van der Waals surface area contributed by atoms with Crippen molar-refractivity contribution < 1.29 is 15.3 Å². The Morgan fingerprint density at radius 3 is 2.00 bits per heavy atom. The predicted molar refractivity (Wildman–Crippen MR) is 92.7 cm³/mol. The lowest BCUT2D eigenvalue weighted by atomic mass is 10.0. The maximum absolute atomic E-state index is 9.73. The quantitative estimate of drug-likeness (QED) is 0.276. The molecule has 0 unspecified atom stereocenters. The van der Waals surface area contributed by atoms with E-state index in [-0.39, 0.29) is 6.61 Å². The van der Waals surface area contributed by atoms with E-state index in [0.29, 0.717) is 6.42 Å². The number of hydrogen-bond donors (Lipinski definition) is 4. The van der Waals surface area contributed by atoms with Crippen molar-refractivity contribution in [1.29, 1.82) is 0 Å². The molecule has 132 valence electrons. The first-order chi connectivity index (χ1) is 10.6. The van der Waals surface area contributed by atoms with Crippen LogP contribution in [0.5, 0.6) is 0 Å². The Bertz CT molecular complexity index is 259. The smallest absolute Gasteiger partial charge is 0.0971 e. The lowest BCUT2D eigenvalue weighted by Gasteiger charge is -2.22. The van der Waals surface area contributed by atoms with E-state index in [1.165, 1.54) is 51.4 Å². The standard InChI is InChI=1S/C18H37NO3/c1-2-3-4-5-6-7-8-9-10-11-12-13-14-17(21)18(22)16(19)15-20/h6-7,16-18,20-22H,2-5,8-15,19H2,1H3/b7-6+/t16-,17-,18-/m0/s1. The van der Waals surface area contributed by atoms with E-state index < -0.39 is 18.2 Å². The van der Waals surface area contributed by atoms with Crippen molar-refractivity contribution in [3.8, 4) is 0 Å². The van der Waals surface area contributed by atoms with E-state index in [1.807, 2.05) is 0 Å². The van der Waals surface area contributed by atoms with E-state index in [2.05, 4.69) is 19.1 Å². The van der Waals surface area contributed by atoms with Gasteiger partial charge in [-0.3, -0.25) is 0 Å². The summed E-state index contributed by atoms with van der Waals surface area (Å²) in [7, 11) is 0. The third-order valence-corrected chi connectivity index (χ3v) is 4.06. The van der Waals surface area contributed by atoms with Crippen LogP contribution in [0.3, 0.4) is 0 Å². The highest BCUT2D eigenvalue weighted by Gasteiger charge is 2.21. The van der Waals surface area contributed by atoms with Crippen molar-refractivity contribution in [3.05, 3.63) is 12.2 Å². The maximum Gasteiger partial charge on any atom is 0.0971 e. The fourth-order valence-corrected chi connectivity index (χ4v) is 2.46. The van der Waals surface area contributed by atoms with Crippen LogP contribution in [-0.4, -0.2) is 40.2 Å². The second kappa shape index (κ2) is 15.5. The minimum atomic E-state index is -1.03. The summed E-state index contributed by atoms with van der Waals surface area (Å²) >= 11 is 0. The molecule has 0 saturated heterocycles. The molecule has 4 heteroatoms. The Labute approximate surface area is 136 Å². The fourth-order valence-electron chi connectivity index (χ4n) is 2.46. The normalized spacial score (nSPS) is 16.0. The van der Waals surface area contributed by atoms with Crippen LogP contribution >= 0.6 is 0 Å². The number of aliphatic hydroxyl groups excluding tert-OH is 3. The average Bonchev–Trinajstić information content (AvgIpc) is 2.54.